The van der Waals surface area contributed by atoms with Crippen LogP contribution in [0.15, 0.2) is 36.7 Å². The fourth-order valence-electron chi connectivity index (χ4n) is 4.05. The van der Waals surface area contributed by atoms with Crippen molar-refractivity contribution < 1.29 is 14.3 Å². The van der Waals surface area contributed by atoms with Gasteiger partial charge in [0.2, 0.25) is 0 Å². The molecule has 1 aliphatic heterocycles. The molecule has 0 aliphatic carbocycles. The molecule has 33 heavy (non-hydrogen) atoms. The standard InChI is InChI=1S/C24H30N6O3/c1-16(2)28-10-12-29(13-11-28)23(31)20-15-26-30(17(20)3)24-25-9-8-21(27-24)19-14-18(32-4)6-7-22(19)33-5/h6-9,14-16H,10-13H2,1-5H3. The monoisotopic (exact) mass is 450 g/mol. The van der Waals surface area contributed by atoms with Gasteiger partial charge in [-0.2, -0.15) is 5.10 Å². The van der Waals surface area contributed by atoms with E-state index in [0.29, 0.717) is 53.5 Å². The second kappa shape index (κ2) is 9.58. The van der Waals surface area contributed by atoms with Crippen molar-refractivity contribution in [2.24, 2.45) is 0 Å². The quantitative estimate of drug-likeness (QED) is 0.571. The molecule has 0 spiro atoms. The third-order valence-corrected chi connectivity index (χ3v) is 6.09. The molecule has 0 atom stereocenters. The molecule has 1 saturated heterocycles. The summed E-state index contributed by atoms with van der Waals surface area (Å²) in [4.78, 5) is 26.5. The van der Waals surface area contributed by atoms with Crippen molar-refractivity contribution in [2.75, 3.05) is 40.4 Å². The number of methoxy groups -OCH3 is 2. The average Bonchev–Trinajstić information content (AvgIpc) is 3.24. The smallest absolute Gasteiger partial charge is 0.257 e. The topological polar surface area (TPSA) is 85.6 Å². The lowest BCUT2D eigenvalue weighted by Crippen LogP contribution is -2.50. The van der Waals surface area contributed by atoms with Crippen LogP contribution in [0.2, 0.25) is 0 Å². The number of hydrogen-bond donors (Lipinski definition) is 0. The van der Waals surface area contributed by atoms with Crippen LogP contribution in [0.5, 0.6) is 11.5 Å². The van der Waals surface area contributed by atoms with Crippen LogP contribution in [0.1, 0.15) is 29.9 Å². The van der Waals surface area contributed by atoms with Crippen molar-refractivity contribution in [3.8, 4) is 28.7 Å². The summed E-state index contributed by atoms with van der Waals surface area (Å²) in [6, 6.07) is 7.83. The summed E-state index contributed by atoms with van der Waals surface area (Å²) in [6.07, 6.45) is 3.28. The highest BCUT2D eigenvalue weighted by atomic mass is 16.5. The zero-order valence-electron chi connectivity index (χ0n) is 19.8. The Hall–Kier alpha value is -3.46. The summed E-state index contributed by atoms with van der Waals surface area (Å²) >= 11 is 0. The predicted molar refractivity (Wildman–Crippen MR) is 125 cm³/mol. The normalized spacial score (nSPS) is 14.5. The van der Waals surface area contributed by atoms with Gasteiger partial charge >= 0.3 is 0 Å². The minimum absolute atomic E-state index is 0.00669. The predicted octanol–water partition coefficient (Wildman–Crippen LogP) is 2.82. The first-order valence-corrected chi connectivity index (χ1v) is 11.1. The Labute approximate surface area is 194 Å². The SMILES string of the molecule is COc1ccc(OC)c(-c2ccnc(-n3ncc(C(=O)N4CCN(C(C)C)CC4)c3C)n2)c1. The van der Waals surface area contributed by atoms with Crippen molar-refractivity contribution in [1.29, 1.82) is 0 Å². The molecular weight excluding hydrogens is 420 g/mol. The van der Waals surface area contributed by atoms with Gasteiger partial charge < -0.3 is 14.4 Å². The van der Waals surface area contributed by atoms with Gasteiger partial charge in [0.25, 0.3) is 11.9 Å². The Morgan fingerprint density at radius 1 is 1.06 bits per heavy atom. The first-order chi connectivity index (χ1) is 15.9. The van der Waals surface area contributed by atoms with Crippen molar-refractivity contribution in [3.63, 3.8) is 0 Å². The van der Waals surface area contributed by atoms with E-state index in [-0.39, 0.29) is 5.91 Å². The maximum atomic E-state index is 13.2. The molecular formula is C24H30N6O3. The number of carbonyl (C=O) groups is 1. The average molecular weight is 451 g/mol. The van der Waals surface area contributed by atoms with Gasteiger partial charge in [-0.25, -0.2) is 14.6 Å². The van der Waals surface area contributed by atoms with E-state index in [4.69, 9.17) is 14.5 Å². The highest BCUT2D eigenvalue weighted by molar-refractivity contribution is 5.95. The van der Waals surface area contributed by atoms with E-state index in [9.17, 15) is 4.79 Å². The summed E-state index contributed by atoms with van der Waals surface area (Å²) in [6.45, 7) is 9.41. The number of carbonyl (C=O) groups excluding carboxylic acids is 1. The molecule has 0 bridgehead atoms. The zero-order chi connectivity index (χ0) is 23.5. The minimum atomic E-state index is -0.00669. The van der Waals surface area contributed by atoms with E-state index in [2.05, 4.69) is 28.8 Å². The summed E-state index contributed by atoms with van der Waals surface area (Å²) < 4.78 is 12.5. The van der Waals surface area contributed by atoms with Crippen molar-refractivity contribution in [3.05, 3.63) is 47.9 Å². The zero-order valence-corrected chi connectivity index (χ0v) is 19.8. The molecule has 9 nitrogen and oxygen atoms in total. The summed E-state index contributed by atoms with van der Waals surface area (Å²) in [5.74, 6) is 1.76. The fourth-order valence-corrected chi connectivity index (χ4v) is 4.05. The van der Waals surface area contributed by atoms with Crippen LogP contribution in [0, 0.1) is 6.92 Å². The second-order valence-corrected chi connectivity index (χ2v) is 8.29. The van der Waals surface area contributed by atoms with Crippen molar-refractivity contribution >= 4 is 5.91 Å². The lowest BCUT2D eigenvalue weighted by Gasteiger charge is -2.36. The van der Waals surface area contributed by atoms with Gasteiger partial charge in [-0.1, -0.05) is 0 Å². The number of ether oxygens (including phenoxy) is 2. The Kier molecular flexibility index (Phi) is 6.60. The lowest BCUT2D eigenvalue weighted by molar-refractivity contribution is 0.0595. The van der Waals surface area contributed by atoms with Gasteiger partial charge in [-0.15, -0.1) is 0 Å². The van der Waals surface area contributed by atoms with E-state index in [1.54, 1.807) is 37.4 Å². The highest BCUT2D eigenvalue weighted by Crippen LogP contribution is 2.32. The number of amides is 1. The molecule has 3 heterocycles. The molecule has 9 heteroatoms. The molecule has 1 fully saturated rings. The van der Waals surface area contributed by atoms with Crippen LogP contribution in [0.3, 0.4) is 0 Å². The van der Waals surface area contributed by atoms with E-state index >= 15 is 0 Å². The first-order valence-electron chi connectivity index (χ1n) is 11.1. The largest absolute Gasteiger partial charge is 0.497 e. The Morgan fingerprint density at radius 2 is 1.82 bits per heavy atom. The summed E-state index contributed by atoms with van der Waals surface area (Å²) in [5.41, 5.74) is 2.73. The molecule has 0 unspecified atom stereocenters. The van der Waals surface area contributed by atoms with Crippen LogP contribution in [-0.4, -0.2) is 81.9 Å². The molecule has 0 N–H and O–H groups in total. The van der Waals surface area contributed by atoms with Crippen LogP contribution in [-0.2, 0) is 0 Å². The van der Waals surface area contributed by atoms with Gasteiger partial charge in [0.05, 0.1) is 37.4 Å². The van der Waals surface area contributed by atoms with Crippen LogP contribution in [0.4, 0.5) is 0 Å². The third kappa shape index (κ3) is 4.54. The molecule has 0 radical (unpaired) electrons. The highest BCUT2D eigenvalue weighted by Gasteiger charge is 2.26. The van der Waals surface area contributed by atoms with E-state index in [1.165, 1.54) is 0 Å². The maximum Gasteiger partial charge on any atom is 0.257 e. The van der Waals surface area contributed by atoms with Gasteiger partial charge in [-0.3, -0.25) is 9.69 Å². The number of nitrogens with zero attached hydrogens (tertiary/aromatic N) is 6. The van der Waals surface area contributed by atoms with Crippen molar-refractivity contribution in [2.45, 2.75) is 26.8 Å². The van der Waals surface area contributed by atoms with E-state index in [0.717, 1.165) is 18.7 Å². The van der Waals surface area contributed by atoms with Gasteiger partial charge in [0, 0.05) is 44.0 Å². The Bertz CT molecular complexity index is 1130. The lowest BCUT2D eigenvalue weighted by atomic mass is 10.1. The number of piperazine rings is 1. The minimum Gasteiger partial charge on any atom is -0.497 e. The summed E-state index contributed by atoms with van der Waals surface area (Å²) in [7, 11) is 3.23. The number of rotatable bonds is 6. The number of benzene rings is 1. The second-order valence-electron chi connectivity index (χ2n) is 8.29. The molecule has 0 saturated carbocycles. The first kappa shape index (κ1) is 22.7. The fraction of sp³-hybridized carbons (Fsp3) is 0.417. The number of hydrogen-bond acceptors (Lipinski definition) is 7. The molecule has 174 valence electrons. The number of aromatic nitrogens is 4. The van der Waals surface area contributed by atoms with Crippen LogP contribution < -0.4 is 9.47 Å². The maximum absolute atomic E-state index is 13.2. The molecule has 1 aromatic carbocycles. The summed E-state index contributed by atoms with van der Waals surface area (Å²) in [5, 5.41) is 4.43. The van der Waals surface area contributed by atoms with E-state index in [1.807, 2.05) is 30.0 Å². The van der Waals surface area contributed by atoms with Crippen molar-refractivity contribution in [1.82, 2.24) is 29.5 Å². The van der Waals surface area contributed by atoms with Gasteiger partial charge in [0.15, 0.2) is 0 Å². The molecule has 3 aromatic rings. The van der Waals surface area contributed by atoms with Gasteiger partial charge in [-0.05, 0) is 45.0 Å². The van der Waals surface area contributed by atoms with Gasteiger partial charge in [0.1, 0.15) is 11.5 Å². The molecule has 1 amide bonds. The third-order valence-electron chi connectivity index (χ3n) is 6.09. The van der Waals surface area contributed by atoms with Crippen LogP contribution >= 0.6 is 0 Å². The van der Waals surface area contributed by atoms with Crippen LogP contribution in [0.25, 0.3) is 17.2 Å². The Balaban J connectivity index is 1.60. The van der Waals surface area contributed by atoms with E-state index < -0.39 is 0 Å². The Morgan fingerprint density at radius 3 is 2.48 bits per heavy atom. The molecule has 4 rings (SSSR count). The molecule has 1 aliphatic rings. The molecule has 2 aromatic heterocycles.